The smallest absolute Gasteiger partial charge is 0.296 e. The molecule has 0 spiro atoms. The molecule has 1 amide bonds. The number of aryl methyl sites for hydroxylation is 2. The Labute approximate surface area is 186 Å². The molecule has 32 heavy (non-hydrogen) atoms. The number of carbonyl (C=O) groups is 1. The van der Waals surface area contributed by atoms with Gasteiger partial charge in [0.2, 0.25) is 5.13 Å². The summed E-state index contributed by atoms with van der Waals surface area (Å²) in [4.78, 5) is 17.2. The van der Waals surface area contributed by atoms with E-state index in [9.17, 15) is 9.18 Å². The first kappa shape index (κ1) is 21.4. The molecule has 4 rings (SSSR count). The Bertz CT molecular complexity index is 1270. The van der Waals surface area contributed by atoms with E-state index in [4.69, 9.17) is 9.47 Å². The first-order chi connectivity index (χ1) is 15.4. The number of nitrogens with zero attached hydrogens (tertiary/aromatic N) is 5. The number of benzene rings is 1. The molecule has 0 unspecified atom stereocenters. The summed E-state index contributed by atoms with van der Waals surface area (Å²) in [5.41, 5.74) is 2.08. The van der Waals surface area contributed by atoms with E-state index in [0.717, 1.165) is 17.0 Å². The van der Waals surface area contributed by atoms with Crippen LogP contribution in [0.15, 0.2) is 42.7 Å². The summed E-state index contributed by atoms with van der Waals surface area (Å²) in [6.07, 6.45) is 3.20. The third-order valence-corrected chi connectivity index (χ3v) is 5.24. The Morgan fingerprint density at radius 3 is 2.88 bits per heavy atom. The summed E-state index contributed by atoms with van der Waals surface area (Å²) in [6, 6.07) is 7.94. The zero-order valence-corrected chi connectivity index (χ0v) is 18.3. The minimum Gasteiger partial charge on any atom is -0.496 e. The highest BCUT2D eigenvalue weighted by atomic mass is 32.1. The van der Waals surface area contributed by atoms with Gasteiger partial charge in [0, 0.05) is 30.7 Å². The number of ether oxygens (including phenoxy) is 2. The van der Waals surface area contributed by atoms with Crippen molar-refractivity contribution in [1.29, 1.82) is 0 Å². The monoisotopic (exact) mass is 454 g/mol. The van der Waals surface area contributed by atoms with E-state index in [0.29, 0.717) is 17.0 Å². The number of methoxy groups -OCH3 is 1. The molecule has 0 saturated heterocycles. The number of hydrogen-bond acceptors (Lipinski definition) is 8. The van der Waals surface area contributed by atoms with Crippen molar-refractivity contribution in [2.75, 3.05) is 12.4 Å². The molecule has 0 aliphatic carbocycles. The summed E-state index contributed by atoms with van der Waals surface area (Å²) >= 11 is 1.07. The van der Waals surface area contributed by atoms with Gasteiger partial charge in [-0.1, -0.05) is 11.2 Å². The molecule has 1 N–H and O–H groups in total. The van der Waals surface area contributed by atoms with Gasteiger partial charge in [-0.2, -0.15) is 5.10 Å². The molecule has 4 aromatic rings. The van der Waals surface area contributed by atoms with Crippen LogP contribution in [0.3, 0.4) is 0 Å². The quantitative estimate of drug-likeness (QED) is 0.455. The number of amides is 1. The summed E-state index contributed by atoms with van der Waals surface area (Å²) in [6.45, 7) is 1.98. The van der Waals surface area contributed by atoms with Crippen molar-refractivity contribution in [3.63, 3.8) is 0 Å². The molecule has 3 heterocycles. The number of carbonyl (C=O) groups excluding carboxylic acids is 1. The van der Waals surface area contributed by atoms with E-state index in [1.165, 1.54) is 19.4 Å². The van der Waals surface area contributed by atoms with Crippen LogP contribution in [0.2, 0.25) is 0 Å². The molecule has 0 aliphatic rings. The third-order valence-electron chi connectivity index (χ3n) is 4.49. The summed E-state index contributed by atoms with van der Waals surface area (Å²) < 4.78 is 27.2. The lowest BCUT2D eigenvalue weighted by Crippen LogP contribution is -2.14. The van der Waals surface area contributed by atoms with Gasteiger partial charge in [-0.25, -0.2) is 4.39 Å². The summed E-state index contributed by atoms with van der Waals surface area (Å²) in [5, 5.41) is 15.3. The highest BCUT2D eigenvalue weighted by molar-refractivity contribution is 7.17. The number of halogens is 1. The highest BCUT2D eigenvalue weighted by Gasteiger charge is 2.21. The topological polar surface area (TPSA) is 104 Å². The van der Waals surface area contributed by atoms with Crippen LogP contribution < -0.4 is 14.8 Å². The SMILES string of the molecule is COc1cccc(F)c1-c1cc(C)ncc1C(=O)Nc1nnc(OCc2ccn(C)n2)s1. The summed E-state index contributed by atoms with van der Waals surface area (Å²) in [5.74, 6) is -0.707. The van der Waals surface area contributed by atoms with Crippen molar-refractivity contribution in [2.24, 2.45) is 7.05 Å². The van der Waals surface area contributed by atoms with E-state index >= 15 is 0 Å². The molecule has 164 valence electrons. The van der Waals surface area contributed by atoms with Gasteiger partial charge in [0.1, 0.15) is 18.2 Å². The Morgan fingerprint density at radius 2 is 2.12 bits per heavy atom. The van der Waals surface area contributed by atoms with Crippen molar-refractivity contribution in [3.8, 4) is 22.1 Å². The average molecular weight is 454 g/mol. The Morgan fingerprint density at radius 1 is 1.28 bits per heavy atom. The largest absolute Gasteiger partial charge is 0.496 e. The molecule has 1 aromatic carbocycles. The van der Waals surface area contributed by atoms with Gasteiger partial charge in [0.05, 0.1) is 23.9 Å². The molecule has 11 heteroatoms. The zero-order valence-electron chi connectivity index (χ0n) is 17.5. The van der Waals surface area contributed by atoms with Crippen LogP contribution in [0, 0.1) is 12.7 Å². The predicted octanol–water partition coefficient (Wildman–Crippen LogP) is 3.62. The van der Waals surface area contributed by atoms with E-state index in [-0.39, 0.29) is 28.1 Å². The predicted molar refractivity (Wildman–Crippen MR) is 116 cm³/mol. The van der Waals surface area contributed by atoms with Crippen LogP contribution in [0.1, 0.15) is 21.7 Å². The normalized spacial score (nSPS) is 10.8. The Balaban J connectivity index is 1.55. The van der Waals surface area contributed by atoms with Crippen LogP contribution in [-0.4, -0.2) is 38.0 Å². The van der Waals surface area contributed by atoms with Gasteiger partial charge in [-0.15, -0.1) is 5.10 Å². The first-order valence-electron chi connectivity index (χ1n) is 9.50. The van der Waals surface area contributed by atoms with Crippen LogP contribution >= 0.6 is 11.3 Å². The van der Waals surface area contributed by atoms with Gasteiger partial charge in [-0.05, 0) is 42.5 Å². The Hall–Kier alpha value is -3.86. The van der Waals surface area contributed by atoms with Crippen molar-refractivity contribution < 1.29 is 18.7 Å². The lowest BCUT2D eigenvalue weighted by Gasteiger charge is -2.14. The van der Waals surface area contributed by atoms with Crippen LogP contribution in [0.25, 0.3) is 11.1 Å². The van der Waals surface area contributed by atoms with Crippen LogP contribution in [0.5, 0.6) is 10.9 Å². The fourth-order valence-electron chi connectivity index (χ4n) is 3.04. The van der Waals surface area contributed by atoms with E-state index < -0.39 is 11.7 Å². The third kappa shape index (κ3) is 4.57. The molecule has 0 bridgehead atoms. The number of hydrogen-bond donors (Lipinski definition) is 1. The second kappa shape index (κ2) is 9.10. The molecule has 0 fully saturated rings. The van der Waals surface area contributed by atoms with Gasteiger partial charge in [0.15, 0.2) is 0 Å². The maximum Gasteiger partial charge on any atom is 0.296 e. The number of rotatable bonds is 7. The second-order valence-electron chi connectivity index (χ2n) is 6.79. The standard InChI is InChI=1S/C21H19FN6O3S/c1-12-9-14(18-16(22)5-4-6-17(18)30-3)15(10-23-12)19(29)24-20-25-26-21(32-20)31-11-13-7-8-28(2)27-13/h4-10H,11H2,1-3H3,(H,24,25,29). The first-order valence-corrected chi connectivity index (χ1v) is 10.3. The van der Waals surface area contributed by atoms with Crippen molar-refractivity contribution in [3.05, 3.63) is 65.5 Å². The number of aromatic nitrogens is 5. The number of nitrogens with one attached hydrogen (secondary N) is 1. The molecule has 0 atom stereocenters. The van der Waals surface area contributed by atoms with E-state index in [1.807, 2.05) is 19.3 Å². The fraction of sp³-hybridized carbons (Fsp3) is 0.190. The van der Waals surface area contributed by atoms with Gasteiger partial charge in [0.25, 0.3) is 11.1 Å². The van der Waals surface area contributed by atoms with Gasteiger partial charge >= 0.3 is 0 Å². The van der Waals surface area contributed by atoms with Gasteiger partial charge < -0.3 is 9.47 Å². The molecule has 0 aliphatic heterocycles. The molecular weight excluding hydrogens is 435 g/mol. The summed E-state index contributed by atoms with van der Waals surface area (Å²) in [7, 11) is 3.26. The minimum absolute atomic E-state index is 0.171. The maximum absolute atomic E-state index is 14.7. The average Bonchev–Trinajstić information content (AvgIpc) is 3.40. The molecule has 0 saturated carbocycles. The Kier molecular flexibility index (Phi) is 6.08. The number of anilines is 1. The van der Waals surface area contributed by atoms with E-state index in [1.54, 1.807) is 29.8 Å². The lowest BCUT2D eigenvalue weighted by molar-refractivity contribution is 0.102. The highest BCUT2D eigenvalue weighted by Crippen LogP contribution is 2.35. The fourth-order valence-corrected chi connectivity index (χ4v) is 3.63. The number of pyridine rings is 1. The van der Waals surface area contributed by atoms with Crippen molar-refractivity contribution >= 4 is 22.4 Å². The van der Waals surface area contributed by atoms with Crippen LogP contribution in [-0.2, 0) is 13.7 Å². The molecule has 0 radical (unpaired) electrons. The van der Waals surface area contributed by atoms with Gasteiger partial charge in [-0.3, -0.25) is 19.8 Å². The minimum atomic E-state index is -0.509. The molecule has 9 nitrogen and oxygen atoms in total. The van der Waals surface area contributed by atoms with Crippen LogP contribution in [0.4, 0.5) is 9.52 Å². The zero-order chi connectivity index (χ0) is 22.7. The van der Waals surface area contributed by atoms with E-state index in [2.05, 4.69) is 25.6 Å². The molecular formula is C21H19FN6O3S. The second-order valence-corrected chi connectivity index (χ2v) is 7.73. The lowest BCUT2D eigenvalue weighted by atomic mass is 9.98. The van der Waals surface area contributed by atoms with Crippen molar-refractivity contribution in [1.82, 2.24) is 25.0 Å². The van der Waals surface area contributed by atoms with Crippen molar-refractivity contribution in [2.45, 2.75) is 13.5 Å². The maximum atomic E-state index is 14.7. The molecule has 3 aromatic heterocycles.